The van der Waals surface area contributed by atoms with Crippen molar-refractivity contribution < 1.29 is 14.6 Å². The number of methoxy groups -OCH3 is 1. The van der Waals surface area contributed by atoms with Gasteiger partial charge in [-0.1, -0.05) is 13.0 Å². The smallest absolute Gasteiger partial charge is 0.333 e. The van der Waals surface area contributed by atoms with E-state index in [9.17, 15) is 4.79 Å². The molecule has 0 amide bonds. The molecule has 1 unspecified atom stereocenters. The van der Waals surface area contributed by atoms with Crippen LogP contribution in [0.1, 0.15) is 33.1 Å². The van der Waals surface area contributed by atoms with Gasteiger partial charge in [-0.25, -0.2) is 4.79 Å². The molecule has 0 aliphatic heterocycles. The molecule has 1 N–H and O–H groups in total. The molecule has 0 aliphatic rings. The second-order valence-electron chi connectivity index (χ2n) is 3.57. The molecule has 0 radical (unpaired) electrons. The van der Waals surface area contributed by atoms with E-state index in [0.717, 1.165) is 19.3 Å². The number of esters is 1. The van der Waals surface area contributed by atoms with Gasteiger partial charge in [0.25, 0.3) is 0 Å². The summed E-state index contributed by atoms with van der Waals surface area (Å²) in [6.45, 7) is 4.08. The maximum atomic E-state index is 11.0. The Balaban J connectivity index is 3.75. The van der Waals surface area contributed by atoms with Gasteiger partial charge in [0.2, 0.25) is 0 Å². The molecule has 1 atom stereocenters. The van der Waals surface area contributed by atoms with Crippen LogP contribution in [-0.4, -0.2) is 24.8 Å². The van der Waals surface area contributed by atoms with Gasteiger partial charge in [0.05, 0.1) is 7.11 Å². The SMILES string of the molecule is COC(=O)C(C)=CCCC(C)CCO. The predicted molar refractivity (Wildman–Crippen MR) is 55.9 cm³/mol. The first-order chi connectivity index (χ1) is 6.61. The molecule has 0 aromatic carbocycles. The zero-order valence-corrected chi connectivity index (χ0v) is 9.25. The summed E-state index contributed by atoms with van der Waals surface area (Å²) >= 11 is 0. The van der Waals surface area contributed by atoms with Gasteiger partial charge in [-0.2, -0.15) is 0 Å². The second-order valence-corrected chi connectivity index (χ2v) is 3.57. The highest BCUT2D eigenvalue weighted by Crippen LogP contribution is 2.11. The number of carbonyl (C=O) groups excluding carboxylic acids is 1. The van der Waals surface area contributed by atoms with E-state index in [1.54, 1.807) is 6.92 Å². The van der Waals surface area contributed by atoms with Crippen LogP contribution in [0.5, 0.6) is 0 Å². The lowest BCUT2D eigenvalue weighted by molar-refractivity contribution is -0.136. The van der Waals surface area contributed by atoms with Crippen molar-refractivity contribution in [3.63, 3.8) is 0 Å². The van der Waals surface area contributed by atoms with E-state index >= 15 is 0 Å². The monoisotopic (exact) mass is 200 g/mol. The Morgan fingerprint density at radius 2 is 2.14 bits per heavy atom. The fraction of sp³-hybridized carbons (Fsp3) is 0.727. The third-order valence-corrected chi connectivity index (χ3v) is 2.24. The topological polar surface area (TPSA) is 46.5 Å². The van der Waals surface area contributed by atoms with Gasteiger partial charge >= 0.3 is 5.97 Å². The van der Waals surface area contributed by atoms with E-state index in [0.29, 0.717) is 11.5 Å². The largest absolute Gasteiger partial charge is 0.466 e. The minimum Gasteiger partial charge on any atom is -0.466 e. The highest BCUT2D eigenvalue weighted by atomic mass is 16.5. The van der Waals surface area contributed by atoms with Crippen LogP contribution in [0.2, 0.25) is 0 Å². The zero-order chi connectivity index (χ0) is 11.0. The Kier molecular flexibility index (Phi) is 7.11. The second kappa shape index (κ2) is 7.56. The minimum atomic E-state index is -0.264. The molecule has 0 saturated carbocycles. The van der Waals surface area contributed by atoms with Gasteiger partial charge in [0.15, 0.2) is 0 Å². The number of aliphatic hydroxyl groups is 1. The van der Waals surface area contributed by atoms with Crippen molar-refractivity contribution in [2.45, 2.75) is 33.1 Å². The molecule has 82 valence electrons. The maximum absolute atomic E-state index is 11.0. The third-order valence-electron chi connectivity index (χ3n) is 2.24. The zero-order valence-electron chi connectivity index (χ0n) is 9.25. The molecule has 14 heavy (non-hydrogen) atoms. The number of hydrogen-bond acceptors (Lipinski definition) is 3. The van der Waals surface area contributed by atoms with Crippen molar-refractivity contribution >= 4 is 5.97 Å². The van der Waals surface area contributed by atoms with Crippen molar-refractivity contribution in [1.82, 2.24) is 0 Å². The number of allylic oxidation sites excluding steroid dienone is 1. The molecule has 0 aromatic heterocycles. The molecule has 0 fully saturated rings. The maximum Gasteiger partial charge on any atom is 0.333 e. The Bertz CT molecular complexity index is 197. The van der Waals surface area contributed by atoms with Crippen LogP contribution in [-0.2, 0) is 9.53 Å². The van der Waals surface area contributed by atoms with Crippen LogP contribution < -0.4 is 0 Å². The molecule has 0 spiro atoms. The lowest BCUT2D eigenvalue weighted by Gasteiger charge is -2.07. The van der Waals surface area contributed by atoms with Crippen LogP contribution in [0.4, 0.5) is 0 Å². The fourth-order valence-electron chi connectivity index (χ4n) is 1.19. The van der Waals surface area contributed by atoms with Gasteiger partial charge in [0.1, 0.15) is 0 Å². The summed E-state index contributed by atoms with van der Waals surface area (Å²) in [4.78, 5) is 11.0. The quantitative estimate of drug-likeness (QED) is 0.526. The molecule has 0 aliphatic carbocycles. The summed E-state index contributed by atoms with van der Waals surface area (Å²) in [5.74, 6) is 0.238. The van der Waals surface area contributed by atoms with Crippen molar-refractivity contribution in [3.8, 4) is 0 Å². The van der Waals surface area contributed by atoms with E-state index in [1.165, 1.54) is 7.11 Å². The molecule has 0 saturated heterocycles. The fourth-order valence-corrected chi connectivity index (χ4v) is 1.19. The third kappa shape index (κ3) is 5.75. The van der Waals surface area contributed by atoms with Gasteiger partial charge in [0, 0.05) is 12.2 Å². The summed E-state index contributed by atoms with van der Waals surface area (Å²) in [5, 5.41) is 8.68. The Morgan fingerprint density at radius 1 is 1.50 bits per heavy atom. The highest BCUT2D eigenvalue weighted by Gasteiger charge is 2.03. The Labute approximate surface area is 85.8 Å². The standard InChI is InChI=1S/C11H20O3/c1-9(7-8-12)5-4-6-10(2)11(13)14-3/h6,9,12H,4-5,7-8H2,1-3H3. The highest BCUT2D eigenvalue weighted by molar-refractivity contribution is 5.87. The van der Waals surface area contributed by atoms with Crippen LogP contribution in [0.25, 0.3) is 0 Å². The van der Waals surface area contributed by atoms with Gasteiger partial charge in [-0.15, -0.1) is 0 Å². The first-order valence-corrected chi connectivity index (χ1v) is 4.97. The first kappa shape index (κ1) is 13.2. The molecular weight excluding hydrogens is 180 g/mol. The summed E-state index contributed by atoms with van der Waals surface area (Å²) in [6, 6.07) is 0. The summed E-state index contributed by atoms with van der Waals surface area (Å²) in [6.07, 6.45) is 4.57. The number of hydrogen-bond donors (Lipinski definition) is 1. The average molecular weight is 200 g/mol. The van der Waals surface area contributed by atoms with Crippen molar-refractivity contribution in [1.29, 1.82) is 0 Å². The molecule has 0 heterocycles. The van der Waals surface area contributed by atoms with E-state index in [-0.39, 0.29) is 12.6 Å². The van der Waals surface area contributed by atoms with Gasteiger partial charge in [-0.05, 0) is 32.1 Å². The molecule has 0 aromatic rings. The predicted octanol–water partition coefficient (Wildman–Crippen LogP) is 1.90. The summed E-state index contributed by atoms with van der Waals surface area (Å²) in [7, 11) is 1.38. The lowest BCUT2D eigenvalue weighted by Crippen LogP contribution is -2.02. The number of aliphatic hydroxyl groups excluding tert-OH is 1. The van der Waals surface area contributed by atoms with Crippen molar-refractivity contribution in [2.24, 2.45) is 5.92 Å². The number of rotatable bonds is 6. The molecule has 3 nitrogen and oxygen atoms in total. The molecular formula is C11H20O3. The van der Waals surface area contributed by atoms with Crippen molar-refractivity contribution in [3.05, 3.63) is 11.6 Å². The van der Waals surface area contributed by atoms with E-state index < -0.39 is 0 Å². The lowest BCUT2D eigenvalue weighted by atomic mass is 10.0. The van der Waals surface area contributed by atoms with E-state index in [1.807, 2.05) is 6.08 Å². The Hall–Kier alpha value is -0.830. The number of carbonyl (C=O) groups is 1. The van der Waals surface area contributed by atoms with Crippen molar-refractivity contribution in [2.75, 3.05) is 13.7 Å². The van der Waals surface area contributed by atoms with E-state index in [4.69, 9.17) is 5.11 Å². The van der Waals surface area contributed by atoms with Gasteiger partial charge < -0.3 is 9.84 Å². The number of ether oxygens (including phenoxy) is 1. The summed E-state index contributed by atoms with van der Waals surface area (Å²) < 4.78 is 4.57. The van der Waals surface area contributed by atoms with Crippen LogP contribution in [0.3, 0.4) is 0 Å². The normalized spacial score (nSPS) is 13.9. The minimum absolute atomic E-state index is 0.237. The van der Waals surface area contributed by atoms with Crippen LogP contribution in [0.15, 0.2) is 11.6 Å². The Morgan fingerprint density at radius 3 is 2.64 bits per heavy atom. The summed E-state index contributed by atoms with van der Waals surface area (Å²) in [5.41, 5.74) is 0.656. The molecule has 3 heteroatoms. The van der Waals surface area contributed by atoms with Gasteiger partial charge in [-0.3, -0.25) is 0 Å². The van der Waals surface area contributed by atoms with Crippen LogP contribution >= 0.6 is 0 Å². The van der Waals surface area contributed by atoms with E-state index in [2.05, 4.69) is 11.7 Å². The molecule has 0 bridgehead atoms. The average Bonchev–Trinajstić information content (AvgIpc) is 2.16. The first-order valence-electron chi connectivity index (χ1n) is 4.97. The van der Waals surface area contributed by atoms with Crippen LogP contribution in [0, 0.1) is 5.92 Å². The molecule has 0 rings (SSSR count).